The molecule has 2 saturated heterocycles. The van der Waals surface area contributed by atoms with Gasteiger partial charge in [0.15, 0.2) is 0 Å². The van der Waals surface area contributed by atoms with Gasteiger partial charge in [-0.1, -0.05) is 29.8 Å². The van der Waals surface area contributed by atoms with E-state index in [9.17, 15) is 0 Å². The lowest BCUT2D eigenvalue weighted by atomic mass is 10.1. The Balaban J connectivity index is 1.67. The minimum atomic E-state index is 0.227. The highest BCUT2D eigenvalue weighted by molar-refractivity contribution is 6.31. The number of benzene rings is 1. The molecule has 2 unspecified atom stereocenters. The van der Waals surface area contributed by atoms with E-state index in [1.165, 1.54) is 6.42 Å². The fourth-order valence-corrected chi connectivity index (χ4v) is 3.77. The lowest BCUT2D eigenvalue weighted by molar-refractivity contribution is 0.0176. The summed E-state index contributed by atoms with van der Waals surface area (Å²) in [7, 11) is 0. The van der Waals surface area contributed by atoms with Gasteiger partial charge in [0.2, 0.25) is 0 Å². The molecule has 1 aromatic carbocycles. The summed E-state index contributed by atoms with van der Waals surface area (Å²) in [6.07, 6.45) is 1.21. The second-order valence-corrected chi connectivity index (χ2v) is 6.27. The standard InChI is InChI=1S/C16H24ClN3O/c17-15-4-2-1-3-14(15)16(11-18)20-6-5-13(12-20)19-7-9-21-10-8-19/h1-4,13,16H,5-12,18H2. The Morgan fingerprint density at radius 3 is 2.71 bits per heavy atom. The lowest BCUT2D eigenvalue weighted by Gasteiger charge is -2.33. The van der Waals surface area contributed by atoms with Gasteiger partial charge in [0.1, 0.15) is 0 Å². The SMILES string of the molecule is NCC(c1ccccc1Cl)N1CCC(N2CCOCC2)C1. The van der Waals surface area contributed by atoms with Gasteiger partial charge in [0.25, 0.3) is 0 Å². The molecule has 2 aliphatic heterocycles. The van der Waals surface area contributed by atoms with E-state index in [-0.39, 0.29) is 6.04 Å². The topological polar surface area (TPSA) is 41.7 Å². The van der Waals surface area contributed by atoms with E-state index >= 15 is 0 Å². The van der Waals surface area contributed by atoms with Crippen molar-refractivity contribution >= 4 is 11.6 Å². The molecule has 0 bridgehead atoms. The summed E-state index contributed by atoms with van der Waals surface area (Å²) in [6.45, 7) is 6.61. The predicted octanol–water partition coefficient (Wildman–Crippen LogP) is 1.75. The van der Waals surface area contributed by atoms with Gasteiger partial charge >= 0.3 is 0 Å². The van der Waals surface area contributed by atoms with Crippen molar-refractivity contribution in [1.82, 2.24) is 9.80 Å². The number of hydrogen-bond donors (Lipinski definition) is 1. The van der Waals surface area contributed by atoms with Gasteiger partial charge in [-0.2, -0.15) is 0 Å². The second kappa shape index (κ2) is 7.07. The molecule has 0 aliphatic carbocycles. The van der Waals surface area contributed by atoms with Crippen LogP contribution in [0.2, 0.25) is 5.02 Å². The Morgan fingerprint density at radius 1 is 1.24 bits per heavy atom. The molecule has 0 aromatic heterocycles. The van der Waals surface area contributed by atoms with E-state index in [0.29, 0.717) is 12.6 Å². The van der Waals surface area contributed by atoms with E-state index < -0.39 is 0 Å². The zero-order valence-electron chi connectivity index (χ0n) is 12.4. The predicted molar refractivity (Wildman–Crippen MR) is 85.6 cm³/mol. The number of morpholine rings is 1. The minimum absolute atomic E-state index is 0.227. The van der Waals surface area contributed by atoms with Crippen LogP contribution in [0.1, 0.15) is 18.0 Å². The van der Waals surface area contributed by atoms with Crippen molar-refractivity contribution in [3.63, 3.8) is 0 Å². The molecule has 0 spiro atoms. The van der Waals surface area contributed by atoms with Crippen molar-refractivity contribution in [3.05, 3.63) is 34.9 Å². The molecule has 2 atom stereocenters. The summed E-state index contributed by atoms with van der Waals surface area (Å²) >= 11 is 6.35. The Labute approximate surface area is 131 Å². The van der Waals surface area contributed by atoms with Crippen molar-refractivity contribution in [2.75, 3.05) is 45.9 Å². The molecule has 3 rings (SSSR count). The van der Waals surface area contributed by atoms with E-state index in [1.54, 1.807) is 0 Å². The average molecular weight is 310 g/mol. The highest BCUT2D eigenvalue weighted by atomic mass is 35.5. The molecule has 0 amide bonds. The van der Waals surface area contributed by atoms with E-state index in [0.717, 1.165) is 50.0 Å². The number of halogens is 1. The third-order valence-corrected chi connectivity index (χ3v) is 5.03. The van der Waals surface area contributed by atoms with Crippen LogP contribution in [-0.4, -0.2) is 61.8 Å². The molecule has 116 valence electrons. The minimum Gasteiger partial charge on any atom is -0.379 e. The molecule has 2 heterocycles. The van der Waals surface area contributed by atoms with E-state index in [4.69, 9.17) is 22.1 Å². The normalized spacial score (nSPS) is 26.1. The Hall–Kier alpha value is -0.650. The van der Waals surface area contributed by atoms with Crippen LogP contribution in [0.15, 0.2) is 24.3 Å². The first-order chi connectivity index (χ1) is 10.3. The summed E-state index contributed by atoms with van der Waals surface area (Å²) < 4.78 is 5.45. The first-order valence-corrected chi connectivity index (χ1v) is 8.17. The van der Waals surface area contributed by atoms with Crippen molar-refractivity contribution < 1.29 is 4.74 Å². The van der Waals surface area contributed by atoms with Gasteiger partial charge in [0.05, 0.1) is 13.2 Å². The molecule has 2 N–H and O–H groups in total. The lowest BCUT2D eigenvalue weighted by Crippen LogP contribution is -2.45. The highest BCUT2D eigenvalue weighted by Crippen LogP contribution is 2.30. The summed E-state index contributed by atoms with van der Waals surface area (Å²) in [4.78, 5) is 5.05. The number of likely N-dealkylation sites (tertiary alicyclic amines) is 1. The number of nitrogens with two attached hydrogens (primary N) is 1. The van der Waals surface area contributed by atoms with Gasteiger partial charge in [-0.15, -0.1) is 0 Å². The fourth-order valence-electron chi connectivity index (χ4n) is 3.51. The van der Waals surface area contributed by atoms with Crippen LogP contribution in [-0.2, 0) is 4.74 Å². The molecule has 0 saturated carbocycles. The molecule has 2 fully saturated rings. The Kier molecular flexibility index (Phi) is 5.14. The quantitative estimate of drug-likeness (QED) is 0.920. The highest BCUT2D eigenvalue weighted by Gasteiger charge is 2.32. The van der Waals surface area contributed by atoms with E-state index in [1.807, 2.05) is 18.2 Å². The van der Waals surface area contributed by atoms with Crippen LogP contribution in [0.25, 0.3) is 0 Å². The van der Waals surface area contributed by atoms with Crippen molar-refractivity contribution in [2.45, 2.75) is 18.5 Å². The maximum atomic E-state index is 6.35. The van der Waals surface area contributed by atoms with Crippen LogP contribution in [0.5, 0.6) is 0 Å². The number of nitrogens with zero attached hydrogens (tertiary/aromatic N) is 2. The van der Waals surface area contributed by atoms with Crippen LogP contribution >= 0.6 is 11.6 Å². The third-order valence-electron chi connectivity index (χ3n) is 4.69. The molecule has 21 heavy (non-hydrogen) atoms. The van der Waals surface area contributed by atoms with Gasteiger partial charge < -0.3 is 10.5 Å². The summed E-state index contributed by atoms with van der Waals surface area (Å²) in [5, 5.41) is 0.822. The second-order valence-electron chi connectivity index (χ2n) is 5.86. The largest absolute Gasteiger partial charge is 0.379 e. The van der Waals surface area contributed by atoms with Gasteiger partial charge in [-0.3, -0.25) is 9.80 Å². The molecule has 4 nitrogen and oxygen atoms in total. The molecule has 5 heteroatoms. The monoisotopic (exact) mass is 309 g/mol. The Morgan fingerprint density at radius 2 is 2.00 bits per heavy atom. The average Bonchev–Trinajstić information content (AvgIpc) is 3.00. The van der Waals surface area contributed by atoms with Gasteiger partial charge in [-0.05, 0) is 18.1 Å². The van der Waals surface area contributed by atoms with Crippen LogP contribution in [0.3, 0.4) is 0 Å². The van der Waals surface area contributed by atoms with Gasteiger partial charge in [-0.25, -0.2) is 0 Å². The maximum absolute atomic E-state index is 6.35. The van der Waals surface area contributed by atoms with Crippen LogP contribution in [0, 0.1) is 0 Å². The number of ether oxygens (including phenoxy) is 1. The molecule has 1 aromatic rings. The number of rotatable bonds is 4. The maximum Gasteiger partial charge on any atom is 0.0594 e. The van der Waals surface area contributed by atoms with Crippen molar-refractivity contribution in [3.8, 4) is 0 Å². The number of hydrogen-bond acceptors (Lipinski definition) is 4. The summed E-state index contributed by atoms with van der Waals surface area (Å²) in [6, 6.07) is 8.92. The van der Waals surface area contributed by atoms with Gasteiger partial charge in [0, 0.05) is 49.8 Å². The molecular weight excluding hydrogens is 286 g/mol. The first-order valence-electron chi connectivity index (χ1n) is 7.80. The van der Waals surface area contributed by atoms with E-state index in [2.05, 4.69) is 15.9 Å². The molecule has 2 aliphatic rings. The molecular formula is C16H24ClN3O. The summed E-state index contributed by atoms with van der Waals surface area (Å²) in [5.74, 6) is 0. The smallest absolute Gasteiger partial charge is 0.0594 e. The zero-order valence-corrected chi connectivity index (χ0v) is 13.1. The third kappa shape index (κ3) is 3.41. The van der Waals surface area contributed by atoms with Crippen LogP contribution in [0.4, 0.5) is 0 Å². The zero-order chi connectivity index (χ0) is 14.7. The van der Waals surface area contributed by atoms with Crippen molar-refractivity contribution in [2.24, 2.45) is 5.73 Å². The first kappa shape index (κ1) is 15.3. The Bertz CT molecular complexity index is 465. The summed E-state index contributed by atoms with van der Waals surface area (Å²) in [5.41, 5.74) is 7.20. The van der Waals surface area contributed by atoms with Crippen molar-refractivity contribution in [1.29, 1.82) is 0 Å². The fraction of sp³-hybridized carbons (Fsp3) is 0.625. The van der Waals surface area contributed by atoms with Crippen LogP contribution < -0.4 is 5.73 Å². The molecule has 0 radical (unpaired) electrons.